The van der Waals surface area contributed by atoms with Crippen LogP contribution in [-0.4, -0.2) is 11.6 Å². The maximum atomic E-state index is 12.1. The van der Waals surface area contributed by atoms with Gasteiger partial charge in [0.1, 0.15) is 0 Å². The molecule has 0 bridgehead atoms. The summed E-state index contributed by atoms with van der Waals surface area (Å²) in [7, 11) is 0. The lowest BCUT2D eigenvalue weighted by atomic mass is 9.68. The number of rotatable bonds is 0. The molecule has 0 aliphatic heterocycles. The molecule has 1 unspecified atom stereocenters. The van der Waals surface area contributed by atoms with Gasteiger partial charge in [-0.25, -0.2) is 0 Å². The molecule has 0 radical (unpaired) electrons. The van der Waals surface area contributed by atoms with E-state index in [1.54, 1.807) is 12.1 Å². The largest absolute Gasteiger partial charge is 0.285 e. The first-order valence-electron chi connectivity index (χ1n) is 6.06. The van der Waals surface area contributed by atoms with E-state index in [1.165, 1.54) is 5.56 Å². The summed E-state index contributed by atoms with van der Waals surface area (Å²) in [6.07, 6.45) is 8.68. The molecule has 0 amide bonds. The second-order valence-electron chi connectivity index (χ2n) is 4.86. The summed E-state index contributed by atoms with van der Waals surface area (Å²) in [6, 6.07) is 5.69. The van der Waals surface area contributed by atoms with Crippen LogP contribution in [0.5, 0.6) is 0 Å². The van der Waals surface area contributed by atoms with Gasteiger partial charge in [-0.05, 0) is 23.1 Å². The summed E-state index contributed by atoms with van der Waals surface area (Å²) < 4.78 is 0. The Morgan fingerprint density at radius 2 is 2.00 bits per heavy atom. The topological polar surface area (TPSA) is 34.1 Å². The Morgan fingerprint density at radius 3 is 2.89 bits per heavy atom. The van der Waals surface area contributed by atoms with Gasteiger partial charge in [0.15, 0.2) is 0 Å². The van der Waals surface area contributed by atoms with E-state index in [9.17, 15) is 9.59 Å². The molecule has 0 fully saturated rings. The van der Waals surface area contributed by atoms with Crippen LogP contribution < -0.4 is 0 Å². The van der Waals surface area contributed by atoms with Gasteiger partial charge in [-0.1, -0.05) is 42.5 Å². The summed E-state index contributed by atoms with van der Waals surface area (Å²) >= 11 is 0. The molecule has 2 nitrogen and oxygen atoms in total. The quantitative estimate of drug-likeness (QED) is 0.646. The summed E-state index contributed by atoms with van der Waals surface area (Å²) in [6.45, 7) is 0. The van der Waals surface area contributed by atoms with Crippen LogP contribution in [0, 0.1) is 0 Å². The smallest absolute Gasteiger partial charge is 0.233 e. The zero-order valence-corrected chi connectivity index (χ0v) is 9.64. The highest BCUT2D eigenvalue weighted by Gasteiger charge is 2.40. The van der Waals surface area contributed by atoms with Crippen molar-refractivity contribution >= 4 is 11.6 Å². The molecule has 0 aromatic heterocycles. The first-order chi connectivity index (χ1) is 8.77. The van der Waals surface area contributed by atoms with Crippen molar-refractivity contribution in [1.82, 2.24) is 0 Å². The first-order valence-corrected chi connectivity index (χ1v) is 6.06. The fourth-order valence-corrected chi connectivity index (χ4v) is 3.16. The lowest BCUT2D eigenvalue weighted by Crippen LogP contribution is -2.32. The summed E-state index contributed by atoms with van der Waals surface area (Å²) in [5, 5.41) is 0. The van der Waals surface area contributed by atoms with Crippen LogP contribution in [0.25, 0.3) is 0 Å². The number of hydrogen-bond donors (Lipinski definition) is 0. The molecular weight excluding hydrogens is 224 g/mol. The number of allylic oxidation sites excluding steroid dienone is 6. The lowest BCUT2D eigenvalue weighted by Gasteiger charge is -2.33. The van der Waals surface area contributed by atoms with Crippen molar-refractivity contribution in [3.05, 3.63) is 70.3 Å². The normalized spacial score (nSPS) is 23.4. The van der Waals surface area contributed by atoms with Gasteiger partial charge in [-0.15, -0.1) is 0 Å². The predicted octanol–water partition coefficient (Wildman–Crippen LogP) is 2.51. The molecule has 2 heteroatoms. The third kappa shape index (κ3) is 1.03. The molecule has 0 N–H and O–H groups in total. The van der Waals surface area contributed by atoms with Gasteiger partial charge in [0, 0.05) is 17.1 Å². The maximum Gasteiger partial charge on any atom is 0.233 e. The SMILES string of the molecule is O=C1C(=O)c2cccc3c2C2C(=CC3)C=CC=C12. The Bertz CT molecular complexity index is 702. The Kier molecular flexibility index (Phi) is 1.72. The average molecular weight is 234 g/mol. The van der Waals surface area contributed by atoms with Crippen LogP contribution in [0.1, 0.15) is 27.4 Å². The Balaban J connectivity index is 2.12. The zero-order valence-electron chi connectivity index (χ0n) is 9.64. The highest BCUT2D eigenvalue weighted by atomic mass is 16.2. The summed E-state index contributed by atoms with van der Waals surface area (Å²) in [4.78, 5) is 24.2. The fourth-order valence-electron chi connectivity index (χ4n) is 3.16. The summed E-state index contributed by atoms with van der Waals surface area (Å²) in [5.74, 6) is -0.715. The van der Waals surface area contributed by atoms with Crippen LogP contribution >= 0.6 is 0 Å². The fraction of sp³-hybridized carbons (Fsp3) is 0.125. The molecular formula is C16H10O2. The van der Waals surface area contributed by atoms with Crippen molar-refractivity contribution in [2.75, 3.05) is 0 Å². The third-order valence-electron chi connectivity index (χ3n) is 3.96. The van der Waals surface area contributed by atoms with Crippen molar-refractivity contribution < 1.29 is 9.59 Å². The minimum atomic E-state index is -0.356. The molecule has 18 heavy (non-hydrogen) atoms. The zero-order chi connectivity index (χ0) is 12.3. The van der Waals surface area contributed by atoms with Gasteiger partial charge in [-0.3, -0.25) is 9.59 Å². The Labute approximate surface area is 104 Å². The summed E-state index contributed by atoms with van der Waals surface area (Å²) in [5.41, 5.74) is 4.60. The van der Waals surface area contributed by atoms with E-state index in [0.29, 0.717) is 11.1 Å². The second kappa shape index (κ2) is 3.16. The van der Waals surface area contributed by atoms with Gasteiger partial charge >= 0.3 is 0 Å². The lowest BCUT2D eigenvalue weighted by molar-refractivity contribution is -0.112. The highest BCUT2D eigenvalue weighted by molar-refractivity contribution is 6.51. The third-order valence-corrected chi connectivity index (χ3v) is 3.96. The number of benzene rings is 1. The van der Waals surface area contributed by atoms with Crippen LogP contribution in [-0.2, 0) is 11.2 Å². The molecule has 3 aliphatic carbocycles. The molecule has 1 aromatic rings. The van der Waals surface area contributed by atoms with Gasteiger partial charge in [0.25, 0.3) is 0 Å². The molecule has 4 rings (SSSR count). The minimum Gasteiger partial charge on any atom is -0.285 e. The van der Waals surface area contributed by atoms with Crippen molar-refractivity contribution in [3.8, 4) is 0 Å². The predicted molar refractivity (Wildman–Crippen MR) is 67.5 cm³/mol. The van der Waals surface area contributed by atoms with Crippen LogP contribution in [0.15, 0.2) is 53.6 Å². The van der Waals surface area contributed by atoms with E-state index in [2.05, 4.69) is 6.08 Å². The van der Waals surface area contributed by atoms with Gasteiger partial charge in [0.2, 0.25) is 11.6 Å². The van der Waals surface area contributed by atoms with E-state index >= 15 is 0 Å². The van der Waals surface area contributed by atoms with Crippen molar-refractivity contribution in [1.29, 1.82) is 0 Å². The standard InChI is InChI=1S/C16H10O2/c17-15-11-5-1-3-9-7-8-10-4-2-6-12(16(15)18)14(10)13(9)11/h1-7,13H,8H2. The van der Waals surface area contributed by atoms with Crippen LogP contribution in [0.3, 0.4) is 0 Å². The van der Waals surface area contributed by atoms with Crippen LogP contribution in [0.4, 0.5) is 0 Å². The van der Waals surface area contributed by atoms with Crippen molar-refractivity contribution in [2.24, 2.45) is 0 Å². The number of Topliss-reactive ketones (excluding diaryl/α,β-unsaturated/α-hetero) is 2. The van der Waals surface area contributed by atoms with Crippen molar-refractivity contribution in [3.63, 3.8) is 0 Å². The van der Waals surface area contributed by atoms with E-state index in [1.807, 2.05) is 24.3 Å². The minimum absolute atomic E-state index is 0.0138. The van der Waals surface area contributed by atoms with E-state index < -0.39 is 0 Å². The van der Waals surface area contributed by atoms with E-state index in [4.69, 9.17) is 0 Å². The number of hydrogen-bond acceptors (Lipinski definition) is 2. The molecule has 86 valence electrons. The van der Waals surface area contributed by atoms with Gasteiger partial charge in [-0.2, -0.15) is 0 Å². The molecule has 0 spiro atoms. The second-order valence-corrected chi connectivity index (χ2v) is 4.86. The van der Waals surface area contributed by atoms with Crippen molar-refractivity contribution in [2.45, 2.75) is 12.3 Å². The highest BCUT2D eigenvalue weighted by Crippen LogP contribution is 2.45. The first kappa shape index (κ1) is 9.77. The molecule has 3 aliphatic rings. The van der Waals surface area contributed by atoms with Gasteiger partial charge < -0.3 is 0 Å². The Morgan fingerprint density at radius 1 is 1.11 bits per heavy atom. The monoisotopic (exact) mass is 234 g/mol. The molecule has 0 saturated carbocycles. The number of carbonyl (C=O) groups is 2. The van der Waals surface area contributed by atoms with E-state index in [0.717, 1.165) is 17.6 Å². The Hall–Kier alpha value is -2.22. The molecule has 0 saturated heterocycles. The average Bonchev–Trinajstić information content (AvgIpc) is 2.43. The molecule has 1 aromatic carbocycles. The molecule has 0 heterocycles. The van der Waals surface area contributed by atoms with Gasteiger partial charge in [0.05, 0.1) is 0 Å². The molecule has 1 atom stereocenters. The maximum absolute atomic E-state index is 12.1. The van der Waals surface area contributed by atoms with E-state index in [-0.39, 0.29) is 17.5 Å². The van der Waals surface area contributed by atoms with Crippen LogP contribution in [0.2, 0.25) is 0 Å². The number of carbonyl (C=O) groups excluding carboxylic acids is 2. The number of ketones is 2.